The van der Waals surface area contributed by atoms with Gasteiger partial charge in [-0.2, -0.15) is 24.9 Å². The molecule has 0 amide bonds. The molecule has 28 nitrogen and oxygen atoms in total. The van der Waals surface area contributed by atoms with Crippen molar-refractivity contribution in [2.45, 2.75) is 157 Å². The first-order valence-corrected chi connectivity index (χ1v) is 59.9. The number of hydrogen-bond donors (Lipinski definition) is 3. The number of aromatic nitrogens is 20. The monoisotopic (exact) mass is 1980 g/mol. The molecule has 0 radical (unpaired) electrons. The highest BCUT2D eigenvalue weighted by atomic mass is 35.5. The van der Waals surface area contributed by atoms with Crippen molar-refractivity contribution in [3.05, 3.63) is 274 Å². The summed E-state index contributed by atoms with van der Waals surface area (Å²) in [5.74, 6) is 2.96. The number of nitrogens with one attached hydrogen (secondary N) is 2. The fourth-order valence-electron chi connectivity index (χ4n) is 12.3. The van der Waals surface area contributed by atoms with Gasteiger partial charge in [-0.3, -0.25) is 15.0 Å². The minimum Gasteiger partial charge on any atom is -0.438 e. The Bertz CT molecular complexity index is 6640. The molecular formula is C95H111Cl5F2N22O6Si4. The molecule has 15 heterocycles. The number of para-hydroxylation sites is 2. The van der Waals surface area contributed by atoms with Gasteiger partial charge in [0.25, 0.3) is 0 Å². The number of anilines is 3. The van der Waals surface area contributed by atoms with Gasteiger partial charge >= 0.3 is 0 Å². The van der Waals surface area contributed by atoms with E-state index >= 15 is 0 Å². The number of aryl methyl sites for hydroxylation is 4. The zero-order chi connectivity index (χ0) is 96.3. The average molecular weight is 1980 g/mol. The van der Waals surface area contributed by atoms with Crippen LogP contribution in [0, 0.1) is 39.3 Å². The number of halogens is 7. The summed E-state index contributed by atoms with van der Waals surface area (Å²) in [6.45, 7) is 40.6. The molecule has 0 aliphatic rings. The van der Waals surface area contributed by atoms with Crippen molar-refractivity contribution in [2.24, 2.45) is 0 Å². The van der Waals surface area contributed by atoms with Crippen LogP contribution < -0.4 is 20.5 Å². The van der Waals surface area contributed by atoms with Crippen LogP contribution in [0.4, 0.5) is 26.0 Å². The Morgan fingerprint density at radius 2 is 0.746 bits per heavy atom. The van der Waals surface area contributed by atoms with Crippen LogP contribution in [-0.2, 0) is 45.9 Å². The van der Waals surface area contributed by atoms with Crippen LogP contribution in [0.15, 0.2) is 213 Å². The van der Waals surface area contributed by atoms with E-state index in [-0.39, 0.29) is 21.5 Å². The van der Waals surface area contributed by atoms with Gasteiger partial charge in [0.15, 0.2) is 28.9 Å². The van der Waals surface area contributed by atoms with Gasteiger partial charge < -0.3 is 62.7 Å². The number of aromatic amines is 1. The van der Waals surface area contributed by atoms with Crippen molar-refractivity contribution in [1.82, 2.24) is 98.0 Å². The molecule has 17 rings (SSSR count). The molecule has 0 aliphatic heterocycles. The molecule has 0 aliphatic carbocycles. The van der Waals surface area contributed by atoms with Crippen molar-refractivity contribution in [3.8, 4) is 46.3 Å². The molecular weight excluding hydrogens is 1870 g/mol. The molecule has 0 saturated carbocycles. The Labute approximate surface area is 807 Å². The summed E-state index contributed by atoms with van der Waals surface area (Å²) >= 11 is 29.2. The topological polar surface area (TPSA) is 322 Å². The van der Waals surface area contributed by atoms with Gasteiger partial charge in [0.2, 0.25) is 27.6 Å². The summed E-state index contributed by atoms with van der Waals surface area (Å²) < 4.78 is 69.6. The van der Waals surface area contributed by atoms with Crippen LogP contribution in [0.1, 0.15) is 22.8 Å². The van der Waals surface area contributed by atoms with Gasteiger partial charge in [0.1, 0.15) is 88.5 Å². The van der Waals surface area contributed by atoms with E-state index in [1.807, 2.05) is 210 Å². The molecule has 0 atom stereocenters. The minimum atomic E-state index is -1.17. The number of fused-ring (bicyclic) bond motifs is 5. The highest BCUT2D eigenvalue weighted by Crippen LogP contribution is 2.35. The maximum Gasteiger partial charge on any atom is 0.233 e. The van der Waals surface area contributed by atoms with E-state index in [4.69, 9.17) is 107 Å². The Kier molecular flexibility index (Phi) is 37.4. The summed E-state index contributed by atoms with van der Waals surface area (Å²) in [6.07, 6.45) is 14.6. The molecule has 39 heteroatoms. The lowest BCUT2D eigenvalue weighted by Gasteiger charge is -2.16. The predicted octanol–water partition coefficient (Wildman–Crippen LogP) is 25.3. The number of nitrogens with zero attached hydrogens (tertiary/aromatic N) is 19. The second-order valence-electron chi connectivity index (χ2n) is 35.8. The van der Waals surface area contributed by atoms with E-state index in [9.17, 15) is 8.78 Å². The van der Waals surface area contributed by atoms with Crippen molar-refractivity contribution in [1.29, 1.82) is 0 Å². The zero-order valence-corrected chi connectivity index (χ0v) is 85.6. The first-order chi connectivity index (χ1) is 63.8. The average Bonchev–Trinajstić information content (AvgIpc) is 1.58. The molecule has 0 saturated heterocycles. The number of hydrogen-bond acceptors (Lipinski definition) is 23. The third-order valence-corrected chi connectivity index (χ3v) is 27.5. The lowest BCUT2D eigenvalue weighted by atomic mass is 10.2. The van der Waals surface area contributed by atoms with Crippen molar-refractivity contribution >= 4 is 163 Å². The maximum atomic E-state index is 14.3. The molecule has 15 aromatic heterocycles. The minimum absolute atomic E-state index is 0.139. The largest absolute Gasteiger partial charge is 0.438 e. The van der Waals surface area contributed by atoms with Gasteiger partial charge in [-0.05, 0) is 190 Å². The van der Waals surface area contributed by atoms with Crippen LogP contribution in [0.2, 0.25) is 129 Å². The van der Waals surface area contributed by atoms with Crippen molar-refractivity contribution in [2.75, 3.05) is 37.5 Å². The molecule has 4 N–H and O–H groups in total. The highest BCUT2D eigenvalue weighted by Gasteiger charge is 2.23. The molecule has 0 unspecified atom stereocenters. The molecule has 0 spiro atoms. The predicted molar refractivity (Wildman–Crippen MR) is 544 cm³/mol. The van der Waals surface area contributed by atoms with Crippen LogP contribution in [0.25, 0.3) is 78.2 Å². The number of ether oxygens (including phenoxy) is 6. The third-order valence-electron chi connectivity index (χ3n) is 19.6. The van der Waals surface area contributed by atoms with Crippen LogP contribution in [0.3, 0.4) is 0 Å². The van der Waals surface area contributed by atoms with Gasteiger partial charge in [-0.15, -0.1) is 0 Å². The van der Waals surface area contributed by atoms with Crippen molar-refractivity contribution in [3.63, 3.8) is 0 Å². The molecule has 702 valence electrons. The quantitative estimate of drug-likeness (QED) is 0.0177. The van der Waals surface area contributed by atoms with E-state index in [2.05, 4.69) is 149 Å². The molecule has 2 aromatic carbocycles. The van der Waals surface area contributed by atoms with Crippen LogP contribution >= 0.6 is 58.0 Å². The number of pyridine rings is 5. The summed E-state index contributed by atoms with van der Waals surface area (Å²) in [5, 5.41) is 8.31. The molecule has 0 bridgehead atoms. The Morgan fingerprint density at radius 1 is 0.366 bits per heavy atom. The first-order valence-electron chi connectivity index (χ1n) is 43.2. The fourth-order valence-corrected chi connectivity index (χ4v) is 16.3. The van der Waals surface area contributed by atoms with Crippen LogP contribution in [-0.4, -0.2) is 157 Å². The Morgan fingerprint density at radius 3 is 1.17 bits per heavy atom. The maximum absolute atomic E-state index is 14.3. The van der Waals surface area contributed by atoms with E-state index in [0.717, 1.165) is 111 Å². The summed E-state index contributed by atoms with van der Waals surface area (Å²) in [6, 6.07) is 53.6. The molecule has 17 aromatic rings. The standard InChI is InChI=1S/C24H28N4O2Si.C23H27FN6OSi.C18H22ClN3O2Si.C12H17Cl2N3OSi.C7H9N.C6H3Cl2N3.C5H5FN2/c1-18-9-8-12-21(25-18)22-26-23-20(24(27-22)30-19-10-6-5-7-11-19)13-14-28(23)17-29-15-16-31(2,3)4;1-16-6-5-7-20(26-16)22-28-21(27-19-8-10-25-14-18(19)24)17-9-11-30(23(17)29-22)15-31-12-13-32(2,3)4;1-25(2,3)12-11-23-13-22-10-9-15-16(22)20-18(19)21-17(15)24-14-7-5-4-6-8-14;1-19(2,3)7-6-18-8-17-5-4-9-10(13)15-12(14)16-11(9)17;1-6-4-3-5-7(2)8-6;7-4-3-1-2-9-5(3)11-6(8)10-4;6-4-3-8-2-1-5(4)7/h5-14H,15-17H2,1-4H3;5-11,14H,12-13,15H2,1-4H3,(H,25,27,28,29);4-10H,11-13H2,1-3H3;4-5H,6-8H2,1-3H3;3-5H,1-2H3;1-2H,(H,9,10,11);1-3H,(H2,7,8). The summed E-state index contributed by atoms with van der Waals surface area (Å²) in [5.41, 5.74) is 14.4. The molecule has 0 fully saturated rings. The SMILES string of the molecule is C[Si](C)(C)CCOCn1ccc2c(Cl)nc(Cl)nc21.C[Si](C)(C)CCOCn1ccc2c(Oc3ccccc3)nc(Cl)nc21.Cc1cccc(-c2nc(Nc3ccncc3F)c3ccn(COCC[Si](C)(C)C)c3n2)n1.Cc1cccc(-c2nc(Oc3ccccc3)c3ccn(COCC[Si](C)(C)C)c3n2)n1.Cc1cccc(C)n1.Clc1nc(Cl)c2cc[nH]c2n1.Nc1ccncc1F. The summed E-state index contributed by atoms with van der Waals surface area (Å²) in [4.78, 5) is 66.8. The van der Waals surface area contributed by atoms with E-state index in [1.54, 1.807) is 18.3 Å². The second kappa shape index (κ2) is 48.6. The molecule has 134 heavy (non-hydrogen) atoms. The zero-order valence-electron chi connectivity index (χ0n) is 77.9. The number of nitrogens with two attached hydrogens (primary N) is 1. The van der Waals surface area contributed by atoms with Gasteiger partial charge in [-0.1, -0.05) is 156 Å². The lowest BCUT2D eigenvalue weighted by Crippen LogP contribution is -2.22. The Balaban J connectivity index is 0.000000158. The van der Waals surface area contributed by atoms with Crippen molar-refractivity contribution < 1.29 is 37.2 Å². The second-order valence-corrected chi connectivity index (χ2v) is 60.0. The number of benzene rings is 2. The lowest BCUT2D eigenvalue weighted by molar-refractivity contribution is 0.0898. The normalized spacial score (nSPS) is 11.5. The summed E-state index contributed by atoms with van der Waals surface area (Å²) in [7, 11) is -4.45. The third kappa shape index (κ3) is 32.4. The number of nitrogen functional groups attached to an aromatic ring is 1. The van der Waals surface area contributed by atoms with Crippen LogP contribution in [0.5, 0.6) is 23.3 Å². The fraction of sp³-hybridized carbons (Fsp3) is 0.295. The van der Waals surface area contributed by atoms with Gasteiger partial charge in [0.05, 0.1) is 50.7 Å². The van der Waals surface area contributed by atoms with Gasteiger partial charge in [-0.25, -0.2) is 43.7 Å². The van der Waals surface area contributed by atoms with E-state index in [0.29, 0.717) is 118 Å². The van der Waals surface area contributed by atoms with Gasteiger partial charge in [0, 0.05) is 125 Å². The van der Waals surface area contributed by atoms with E-state index < -0.39 is 43.9 Å². The van der Waals surface area contributed by atoms with E-state index in [1.165, 1.54) is 24.7 Å². The first kappa shape index (κ1) is 103. The number of H-pyrrole nitrogens is 1. The Hall–Kier alpha value is -11.5. The highest BCUT2D eigenvalue weighted by molar-refractivity contribution is 6.77. The number of rotatable bonds is 28. The smallest absolute Gasteiger partial charge is 0.233 e.